The number of nitrogens with one attached hydrogen (secondary N) is 1. The fourth-order valence-electron chi connectivity index (χ4n) is 1.99. The molecule has 0 aliphatic heterocycles. The van der Waals surface area contributed by atoms with Crippen molar-refractivity contribution in [1.82, 2.24) is 0 Å². The fraction of sp³-hybridized carbons (Fsp3) is 0.188. The maximum atomic E-state index is 11.5. The third-order valence-electron chi connectivity index (χ3n) is 3.05. The first kappa shape index (κ1) is 16.5. The van der Waals surface area contributed by atoms with Gasteiger partial charge in [-0.3, -0.25) is 4.79 Å². The van der Waals surface area contributed by atoms with Crippen LogP contribution >= 0.6 is 23.2 Å². The van der Waals surface area contributed by atoms with Crippen molar-refractivity contribution >= 4 is 34.8 Å². The molecule has 6 heteroatoms. The van der Waals surface area contributed by atoms with Crippen molar-refractivity contribution < 1.29 is 14.3 Å². The first-order valence-corrected chi connectivity index (χ1v) is 7.34. The number of methoxy groups -OCH3 is 2. The first-order chi connectivity index (χ1) is 10.5. The number of hydrogen-bond donors (Lipinski definition) is 1. The van der Waals surface area contributed by atoms with E-state index in [1.54, 1.807) is 20.3 Å². The Labute approximate surface area is 138 Å². The number of halogens is 2. The number of amides is 1. The van der Waals surface area contributed by atoms with Crippen molar-refractivity contribution in [1.29, 1.82) is 0 Å². The van der Waals surface area contributed by atoms with Crippen molar-refractivity contribution in [2.45, 2.75) is 4.84 Å². The van der Waals surface area contributed by atoms with Gasteiger partial charge < -0.3 is 14.8 Å². The van der Waals surface area contributed by atoms with Gasteiger partial charge in [0, 0.05) is 5.69 Å². The van der Waals surface area contributed by atoms with Gasteiger partial charge in [-0.15, -0.1) is 0 Å². The van der Waals surface area contributed by atoms with Crippen molar-refractivity contribution in [2.24, 2.45) is 0 Å². The predicted octanol–water partition coefficient (Wildman–Crippen LogP) is 4.11. The van der Waals surface area contributed by atoms with Gasteiger partial charge in [0.05, 0.1) is 14.2 Å². The molecule has 2 aromatic rings. The number of hydrogen-bond acceptors (Lipinski definition) is 3. The van der Waals surface area contributed by atoms with Crippen molar-refractivity contribution in [3.05, 3.63) is 42.5 Å². The van der Waals surface area contributed by atoms with Gasteiger partial charge in [-0.1, -0.05) is 41.4 Å². The molecule has 116 valence electrons. The average molecular weight is 340 g/mol. The number of anilines is 1. The summed E-state index contributed by atoms with van der Waals surface area (Å²) in [6.45, 7) is 0. The quantitative estimate of drug-likeness (QED) is 0.833. The van der Waals surface area contributed by atoms with Gasteiger partial charge in [0.1, 0.15) is 0 Å². The topological polar surface area (TPSA) is 47.6 Å². The molecule has 4 nitrogen and oxygen atoms in total. The second kappa shape index (κ2) is 7.38. The van der Waals surface area contributed by atoms with E-state index in [4.69, 9.17) is 32.7 Å². The normalized spacial score (nSPS) is 10.4. The third-order valence-corrected chi connectivity index (χ3v) is 3.44. The molecule has 0 aromatic heterocycles. The molecule has 22 heavy (non-hydrogen) atoms. The molecule has 0 spiro atoms. The summed E-state index contributed by atoms with van der Waals surface area (Å²) >= 11 is 11.1. The molecule has 2 aromatic carbocycles. The summed E-state index contributed by atoms with van der Waals surface area (Å²) < 4.78 is 10.5. The van der Waals surface area contributed by atoms with Crippen LogP contribution < -0.4 is 14.8 Å². The minimum atomic E-state index is -1.11. The highest BCUT2D eigenvalue weighted by Crippen LogP contribution is 2.33. The zero-order valence-corrected chi connectivity index (χ0v) is 13.6. The van der Waals surface area contributed by atoms with Gasteiger partial charge in [0.15, 0.2) is 16.3 Å². The molecule has 0 unspecified atom stereocenters. The Morgan fingerprint density at radius 3 is 2.32 bits per heavy atom. The molecule has 0 heterocycles. The molecule has 0 aliphatic carbocycles. The molecular weight excluding hydrogens is 325 g/mol. The van der Waals surface area contributed by atoms with E-state index in [1.807, 2.05) is 36.4 Å². The maximum Gasteiger partial charge on any atom is 0.257 e. The zero-order chi connectivity index (χ0) is 16.1. The van der Waals surface area contributed by atoms with Gasteiger partial charge in [-0.05, 0) is 35.4 Å². The number of carbonyl (C=O) groups excluding carboxylic acids is 1. The van der Waals surface area contributed by atoms with Gasteiger partial charge in [0.25, 0.3) is 5.91 Å². The SMILES string of the molecule is COc1ccc(-c2cccc(NC(=O)C(Cl)Cl)c2)cc1OC. The summed E-state index contributed by atoms with van der Waals surface area (Å²) in [6.07, 6.45) is 0. The summed E-state index contributed by atoms with van der Waals surface area (Å²) in [5.41, 5.74) is 2.46. The molecular formula is C16H15Cl2NO3. The lowest BCUT2D eigenvalue weighted by molar-refractivity contribution is -0.114. The summed E-state index contributed by atoms with van der Waals surface area (Å²) in [5.74, 6) is 0.826. The second-order valence-corrected chi connectivity index (χ2v) is 5.54. The molecule has 0 aliphatic rings. The largest absolute Gasteiger partial charge is 0.493 e. The minimum Gasteiger partial charge on any atom is -0.493 e. The molecule has 2 rings (SSSR count). The van der Waals surface area contributed by atoms with Gasteiger partial charge in [-0.25, -0.2) is 0 Å². The van der Waals surface area contributed by atoms with E-state index in [2.05, 4.69) is 5.32 Å². The van der Waals surface area contributed by atoms with E-state index in [0.717, 1.165) is 11.1 Å². The van der Waals surface area contributed by atoms with Crippen molar-refractivity contribution in [3.8, 4) is 22.6 Å². The Morgan fingerprint density at radius 2 is 1.68 bits per heavy atom. The highest BCUT2D eigenvalue weighted by atomic mass is 35.5. The molecule has 0 saturated heterocycles. The second-order valence-electron chi connectivity index (χ2n) is 4.44. The van der Waals surface area contributed by atoms with Gasteiger partial charge in [0.2, 0.25) is 0 Å². The molecule has 0 saturated carbocycles. The molecule has 0 bridgehead atoms. The van der Waals surface area contributed by atoms with Crippen LogP contribution in [0.4, 0.5) is 5.69 Å². The Kier molecular flexibility index (Phi) is 5.52. The van der Waals surface area contributed by atoms with Crippen LogP contribution in [0.2, 0.25) is 0 Å². The Hall–Kier alpha value is -1.91. The summed E-state index contributed by atoms with van der Waals surface area (Å²) in [5, 5.41) is 2.64. The number of carbonyl (C=O) groups is 1. The van der Waals surface area contributed by atoms with E-state index in [9.17, 15) is 4.79 Å². The highest BCUT2D eigenvalue weighted by molar-refractivity contribution is 6.54. The summed E-state index contributed by atoms with van der Waals surface area (Å²) in [7, 11) is 3.17. The number of ether oxygens (including phenoxy) is 2. The van der Waals surface area contributed by atoms with Gasteiger partial charge >= 0.3 is 0 Å². The molecule has 1 N–H and O–H groups in total. The van der Waals surface area contributed by atoms with Crippen LogP contribution in [0, 0.1) is 0 Å². The van der Waals surface area contributed by atoms with Crippen LogP contribution in [0.5, 0.6) is 11.5 Å². The Bertz CT molecular complexity index is 674. The van der Waals surface area contributed by atoms with Crippen LogP contribution in [-0.2, 0) is 4.79 Å². The minimum absolute atomic E-state index is 0.465. The summed E-state index contributed by atoms with van der Waals surface area (Å²) in [6, 6.07) is 13.0. The van der Waals surface area contributed by atoms with Crippen LogP contribution in [-0.4, -0.2) is 25.0 Å². The maximum absolute atomic E-state index is 11.5. The fourth-order valence-corrected chi connectivity index (χ4v) is 2.10. The lowest BCUT2D eigenvalue weighted by Gasteiger charge is -2.11. The molecule has 1 amide bonds. The average Bonchev–Trinajstić information content (AvgIpc) is 2.54. The van der Waals surface area contributed by atoms with E-state index in [-0.39, 0.29) is 0 Å². The predicted molar refractivity (Wildman–Crippen MR) is 89.1 cm³/mol. The monoisotopic (exact) mass is 339 g/mol. The van der Waals surface area contributed by atoms with Crippen LogP contribution in [0.15, 0.2) is 42.5 Å². The highest BCUT2D eigenvalue weighted by Gasteiger charge is 2.12. The first-order valence-electron chi connectivity index (χ1n) is 6.46. The lowest BCUT2D eigenvalue weighted by atomic mass is 10.0. The molecule has 0 fully saturated rings. The zero-order valence-electron chi connectivity index (χ0n) is 12.1. The van der Waals surface area contributed by atoms with E-state index in [1.165, 1.54) is 0 Å². The van der Waals surface area contributed by atoms with Crippen LogP contribution in [0.1, 0.15) is 0 Å². The smallest absolute Gasteiger partial charge is 0.257 e. The van der Waals surface area contributed by atoms with E-state index in [0.29, 0.717) is 17.2 Å². The van der Waals surface area contributed by atoms with Crippen molar-refractivity contribution in [3.63, 3.8) is 0 Å². The van der Waals surface area contributed by atoms with Gasteiger partial charge in [-0.2, -0.15) is 0 Å². The number of alkyl halides is 2. The Balaban J connectivity index is 2.31. The van der Waals surface area contributed by atoms with Crippen LogP contribution in [0.3, 0.4) is 0 Å². The standard InChI is InChI=1S/C16H15Cl2NO3/c1-21-13-7-6-11(9-14(13)22-2)10-4-3-5-12(8-10)19-16(20)15(17)18/h3-9,15H,1-2H3,(H,19,20). The number of benzene rings is 2. The molecule has 0 atom stereocenters. The van der Waals surface area contributed by atoms with E-state index < -0.39 is 10.7 Å². The van der Waals surface area contributed by atoms with E-state index >= 15 is 0 Å². The van der Waals surface area contributed by atoms with Crippen LogP contribution in [0.25, 0.3) is 11.1 Å². The molecule has 0 radical (unpaired) electrons. The lowest BCUT2D eigenvalue weighted by Crippen LogP contribution is -2.18. The van der Waals surface area contributed by atoms with Crippen molar-refractivity contribution in [2.75, 3.05) is 19.5 Å². The Morgan fingerprint density at radius 1 is 1.00 bits per heavy atom. The summed E-state index contributed by atoms with van der Waals surface area (Å²) in [4.78, 5) is 10.4. The number of rotatable bonds is 5. The third kappa shape index (κ3) is 3.84.